The van der Waals surface area contributed by atoms with Gasteiger partial charge in [-0.05, 0) is 80.6 Å². The van der Waals surface area contributed by atoms with Gasteiger partial charge in [0.25, 0.3) is 0 Å². The maximum Gasteiger partial charge on any atom is 0.334 e. The first-order valence-electron chi connectivity index (χ1n) is 14.1. The molecule has 6 heteroatoms. The second kappa shape index (κ2) is 8.64. The Kier molecular flexibility index (Phi) is 6.16. The lowest BCUT2D eigenvalue weighted by Gasteiger charge is -2.67. The summed E-state index contributed by atoms with van der Waals surface area (Å²) < 4.78 is 11.8. The molecular formula is C31H42O6. The Labute approximate surface area is 220 Å². The number of ketones is 2. The minimum Gasteiger partial charge on any atom is -0.454 e. The van der Waals surface area contributed by atoms with Gasteiger partial charge in [-0.3, -0.25) is 14.4 Å². The van der Waals surface area contributed by atoms with E-state index in [2.05, 4.69) is 40.7 Å². The molecule has 0 spiro atoms. The van der Waals surface area contributed by atoms with E-state index in [0.717, 1.165) is 30.4 Å². The molecule has 1 heterocycles. The third-order valence-corrected chi connectivity index (χ3v) is 11.4. The van der Waals surface area contributed by atoms with Crippen LogP contribution in [0.15, 0.2) is 22.8 Å². The number of hydrogen-bond donors (Lipinski definition) is 0. The molecule has 0 radical (unpaired) electrons. The summed E-state index contributed by atoms with van der Waals surface area (Å²) in [5, 5.41) is 0. The van der Waals surface area contributed by atoms with Crippen molar-refractivity contribution in [3.8, 4) is 0 Å². The average molecular weight is 511 g/mol. The topological polar surface area (TPSA) is 86.7 Å². The van der Waals surface area contributed by atoms with Crippen LogP contribution in [0.2, 0.25) is 0 Å². The fraction of sp³-hybridized carbons (Fsp3) is 0.742. The number of hydrogen-bond acceptors (Lipinski definition) is 6. The number of carbonyl (C=O) groups is 4. The lowest BCUT2D eigenvalue weighted by Crippen LogP contribution is -2.70. The number of Topliss-reactive ketones (excluding diaryl/α,β-unsaturated/α-hetero) is 2. The van der Waals surface area contributed by atoms with Crippen LogP contribution in [-0.2, 0) is 28.7 Å². The smallest absolute Gasteiger partial charge is 0.334 e. The number of esters is 2. The van der Waals surface area contributed by atoms with Crippen molar-refractivity contribution >= 4 is 23.5 Å². The Morgan fingerprint density at radius 2 is 1.81 bits per heavy atom. The molecule has 202 valence electrons. The van der Waals surface area contributed by atoms with Crippen molar-refractivity contribution in [2.24, 2.45) is 39.9 Å². The van der Waals surface area contributed by atoms with Gasteiger partial charge in [0.2, 0.25) is 0 Å². The molecule has 0 unspecified atom stereocenters. The van der Waals surface area contributed by atoms with Crippen LogP contribution < -0.4 is 0 Å². The van der Waals surface area contributed by atoms with E-state index in [-0.39, 0.29) is 52.7 Å². The molecule has 4 fully saturated rings. The predicted octanol–water partition coefficient (Wildman–Crippen LogP) is 5.53. The van der Waals surface area contributed by atoms with E-state index in [0.29, 0.717) is 25.7 Å². The Morgan fingerprint density at radius 1 is 1.11 bits per heavy atom. The molecule has 6 nitrogen and oxygen atoms in total. The van der Waals surface area contributed by atoms with Crippen LogP contribution in [0, 0.1) is 39.9 Å². The van der Waals surface area contributed by atoms with Gasteiger partial charge in [0, 0.05) is 36.2 Å². The Balaban J connectivity index is 1.61. The Morgan fingerprint density at radius 3 is 2.46 bits per heavy atom. The minimum atomic E-state index is -0.923. The van der Waals surface area contributed by atoms with E-state index in [1.54, 1.807) is 0 Å². The van der Waals surface area contributed by atoms with Gasteiger partial charge in [0.05, 0.1) is 0 Å². The summed E-state index contributed by atoms with van der Waals surface area (Å²) in [6.07, 6.45) is 6.00. The zero-order valence-electron chi connectivity index (χ0n) is 23.4. The number of carbonyl (C=O) groups excluding carboxylic acids is 4. The lowest BCUT2D eigenvalue weighted by atomic mass is 9.36. The van der Waals surface area contributed by atoms with Crippen molar-refractivity contribution in [2.45, 2.75) is 106 Å². The number of rotatable bonds is 4. The highest BCUT2D eigenvalue weighted by Gasteiger charge is 2.75. The van der Waals surface area contributed by atoms with Crippen LogP contribution in [0.3, 0.4) is 0 Å². The normalized spacial score (nSPS) is 44.5. The molecule has 0 amide bonds. The molecule has 4 saturated carbocycles. The van der Waals surface area contributed by atoms with E-state index in [1.165, 1.54) is 12.5 Å². The van der Waals surface area contributed by atoms with Crippen LogP contribution in [0.1, 0.15) is 93.4 Å². The van der Waals surface area contributed by atoms with E-state index in [4.69, 9.17) is 9.47 Å². The molecule has 0 N–H and O–H groups in total. The Bertz CT molecular complexity index is 1130. The zero-order chi connectivity index (χ0) is 27.1. The molecule has 5 aliphatic rings. The highest BCUT2D eigenvalue weighted by Crippen LogP contribution is 2.74. The SMILES string of the molecule is CC(=O)O[C@@H]1C(=O)[C@@]2(C)[C@@H](CC[C@H]3C4=C(CCC=C(C)C)C(=O)O[C@H]4C[C@@]32C)[C@@]2(C)CCC(=O)[C@@H](C)[C@H]12. The highest BCUT2D eigenvalue weighted by molar-refractivity contribution is 5.96. The van der Waals surface area contributed by atoms with E-state index in [9.17, 15) is 19.2 Å². The molecule has 37 heavy (non-hydrogen) atoms. The van der Waals surface area contributed by atoms with Crippen LogP contribution in [-0.4, -0.2) is 35.7 Å². The second-order valence-corrected chi connectivity index (χ2v) is 13.3. The quantitative estimate of drug-likeness (QED) is 0.365. The molecular weight excluding hydrogens is 468 g/mol. The number of ether oxygens (including phenoxy) is 2. The zero-order valence-corrected chi connectivity index (χ0v) is 23.4. The first-order chi connectivity index (χ1) is 17.3. The first-order valence-corrected chi connectivity index (χ1v) is 14.1. The van der Waals surface area contributed by atoms with Crippen molar-refractivity contribution in [3.05, 3.63) is 22.8 Å². The third-order valence-electron chi connectivity index (χ3n) is 11.4. The maximum atomic E-state index is 14.6. The van der Waals surface area contributed by atoms with Crippen molar-refractivity contribution in [1.82, 2.24) is 0 Å². The van der Waals surface area contributed by atoms with Crippen molar-refractivity contribution in [3.63, 3.8) is 0 Å². The van der Waals surface area contributed by atoms with E-state index in [1.807, 2.05) is 6.92 Å². The highest BCUT2D eigenvalue weighted by atomic mass is 16.6. The van der Waals surface area contributed by atoms with Gasteiger partial charge in [0.15, 0.2) is 11.9 Å². The van der Waals surface area contributed by atoms with Crippen LogP contribution in [0.25, 0.3) is 0 Å². The van der Waals surface area contributed by atoms with Gasteiger partial charge < -0.3 is 9.47 Å². The summed E-state index contributed by atoms with van der Waals surface area (Å²) in [6.45, 7) is 13.9. The fourth-order valence-electron chi connectivity index (χ4n) is 9.63. The standard InChI is InChI=1S/C31H42O6/c1-16(2)9-8-10-19-24-20-11-12-23-29(5)14-13-21(33)17(3)25(29)26(36-18(4)32)27(34)31(23,7)30(20,6)15-22(24)37-28(19)35/h9,17,20,22-23,25-26H,8,10-15H2,1-7H3/t17-,20+,22+,23+,25-,26+,29-,30+,31-/m1/s1. The molecule has 4 aliphatic carbocycles. The van der Waals surface area contributed by atoms with Gasteiger partial charge in [-0.15, -0.1) is 0 Å². The van der Waals surface area contributed by atoms with E-state index < -0.39 is 22.9 Å². The van der Waals surface area contributed by atoms with Crippen LogP contribution in [0.4, 0.5) is 0 Å². The lowest BCUT2D eigenvalue weighted by molar-refractivity contribution is -0.219. The van der Waals surface area contributed by atoms with Crippen molar-refractivity contribution in [2.75, 3.05) is 0 Å². The third kappa shape index (κ3) is 3.49. The van der Waals surface area contributed by atoms with E-state index >= 15 is 0 Å². The summed E-state index contributed by atoms with van der Waals surface area (Å²) in [4.78, 5) is 52.6. The van der Waals surface area contributed by atoms with Gasteiger partial charge >= 0.3 is 11.9 Å². The number of allylic oxidation sites excluding steroid dienone is 2. The first kappa shape index (κ1) is 26.4. The average Bonchev–Trinajstić information content (AvgIpc) is 3.26. The molecule has 9 atom stereocenters. The van der Waals surface area contributed by atoms with Gasteiger partial charge in [0.1, 0.15) is 11.9 Å². The minimum absolute atomic E-state index is 0.0399. The second-order valence-electron chi connectivity index (χ2n) is 13.3. The summed E-state index contributed by atoms with van der Waals surface area (Å²) in [5.41, 5.74) is 1.68. The number of fused-ring (bicyclic) bond motifs is 7. The summed E-state index contributed by atoms with van der Waals surface area (Å²) in [7, 11) is 0. The molecule has 0 aromatic carbocycles. The molecule has 0 bridgehead atoms. The largest absolute Gasteiger partial charge is 0.454 e. The fourth-order valence-corrected chi connectivity index (χ4v) is 9.63. The van der Waals surface area contributed by atoms with Crippen molar-refractivity contribution in [1.29, 1.82) is 0 Å². The van der Waals surface area contributed by atoms with Crippen LogP contribution in [0.5, 0.6) is 0 Å². The molecule has 1 aliphatic heterocycles. The summed E-state index contributed by atoms with van der Waals surface area (Å²) in [6, 6.07) is 0. The Hall–Kier alpha value is -2.24. The van der Waals surface area contributed by atoms with Gasteiger partial charge in [-0.1, -0.05) is 39.3 Å². The summed E-state index contributed by atoms with van der Waals surface area (Å²) >= 11 is 0. The van der Waals surface area contributed by atoms with Gasteiger partial charge in [-0.2, -0.15) is 0 Å². The van der Waals surface area contributed by atoms with Gasteiger partial charge in [-0.25, -0.2) is 4.79 Å². The maximum absolute atomic E-state index is 14.6. The monoisotopic (exact) mass is 510 g/mol. The molecule has 0 aromatic rings. The molecule has 0 aromatic heterocycles. The summed E-state index contributed by atoms with van der Waals surface area (Å²) in [5.74, 6) is -1.03. The molecule has 0 saturated heterocycles. The predicted molar refractivity (Wildman–Crippen MR) is 138 cm³/mol. The van der Waals surface area contributed by atoms with Crippen LogP contribution >= 0.6 is 0 Å². The van der Waals surface area contributed by atoms with Crippen molar-refractivity contribution < 1.29 is 28.7 Å². The molecule has 5 rings (SSSR count).